The summed E-state index contributed by atoms with van der Waals surface area (Å²) in [7, 11) is 0. The topological polar surface area (TPSA) is 32.9 Å². The molecule has 3 heteroatoms. The van der Waals surface area contributed by atoms with Crippen LogP contribution in [-0.2, 0) is 4.79 Å². The maximum absolute atomic E-state index is 11.5. The molecule has 1 aromatic heterocycles. The Labute approximate surface area is 128 Å². The number of para-hydroxylation sites is 1. The molecule has 0 spiro atoms. The van der Waals surface area contributed by atoms with E-state index in [2.05, 4.69) is 4.98 Å². The van der Waals surface area contributed by atoms with Crippen molar-refractivity contribution in [2.75, 3.05) is 5.88 Å². The van der Waals surface area contributed by atoms with Gasteiger partial charge in [0.1, 0.15) is 0 Å². The van der Waals surface area contributed by atoms with Crippen molar-refractivity contribution in [1.29, 1.82) is 0 Å². The molecule has 0 amide bonds. The van der Waals surface area contributed by atoms with Crippen LogP contribution in [0, 0.1) is 0 Å². The third-order valence-corrected chi connectivity index (χ3v) is 3.64. The largest absolute Gasteiger partial charge is 0.354 e. The van der Waals surface area contributed by atoms with Gasteiger partial charge in [-0.3, -0.25) is 4.79 Å². The molecule has 0 aliphatic carbocycles. The van der Waals surface area contributed by atoms with E-state index in [1.165, 1.54) is 6.08 Å². The molecule has 0 aliphatic heterocycles. The Morgan fingerprint density at radius 1 is 1.05 bits per heavy atom. The first kappa shape index (κ1) is 13.7. The first-order valence-corrected chi connectivity index (χ1v) is 7.26. The number of allylic oxidation sites excluding steroid dienone is 1. The number of fused-ring (bicyclic) bond motifs is 1. The summed E-state index contributed by atoms with van der Waals surface area (Å²) in [6.07, 6.45) is 3.38. The summed E-state index contributed by atoms with van der Waals surface area (Å²) >= 11 is 5.56. The molecule has 0 bridgehead atoms. The molecule has 2 nitrogen and oxygen atoms in total. The van der Waals surface area contributed by atoms with E-state index < -0.39 is 0 Å². The number of nitrogens with one attached hydrogen (secondary N) is 1. The zero-order valence-corrected chi connectivity index (χ0v) is 12.1. The molecule has 21 heavy (non-hydrogen) atoms. The van der Waals surface area contributed by atoms with Crippen molar-refractivity contribution in [1.82, 2.24) is 4.98 Å². The number of hydrogen-bond acceptors (Lipinski definition) is 1. The summed E-state index contributed by atoms with van der Waals surface area (Å²) in [4.78, 5) is 14.9. The molecule has 0 aliphatic rings. The van der Waals surface area contributed by atoms with E-state index in [-0.39, 0.29) is 11.7 Å². The van der Waals surface area contributed by atoms with Crippen molar-refractivity contribution in [3.8, 4) is 11.3 Å². The average Bonchev–Trinajstić information content (AvgIpc) is 2.92. The van der Waals surface area contributed by atoms with Gasteiger partial charge in [-0.2, -0.15) is 0 Å². The summed E-state index contributed by atoms with van der Waals surface area (Å²) in [6.45, 7) is 0. The van der Waals surface area contributed by atoms with Crippen LogP contribution in [0.2, 0.25) is 0 Å². The van der Waals surface area contributed by atoms with E-state index in [9.17, 15) is 4.79 Å². The predicted octanol–water partition coefficient (Wildman–Crippen LogP) is 4.66. The summed E-state index contributed by atoms with van der Waals surface area (Å²) in [5.41, 5.74) is 4.16. The number of rotatable bonds is 4. The molecular formula is C18H14ClNO. The van der Waals surface area contributed by atoms with Gasteiger partial charge in [-0.15, -0.1) is 11.6 Å². The monoisotopic (exact) mass is 295 g/mol. The van der Waals surface area contributed by atoms with Crippen molar-refractivity contribution in [2.24, 2.45) is 0 Å². The highest BCUT2D eigenvalue weighted by Gasteiger charge is 2.10. The summed E-state index contributed by atoms with van der Waals surface area (Å²) in [5, 5.41) is 1.09. The molecule has 1 N–H and O–H groups in total. The Bertz CT molecular complexity index is 802. The van der Waals surface area contributed by atoms with E-state index in [0.29, 0.717) is 0 Å². The van der Waals surface area contributed by atoms with Gasteiger partial charge in [0.25, 0.3) is 0 Å². The maximum Gasteiger partial charge on any atom is 0.170 e. The zero-order chi connectivity index (χ0) is 14.7. The Morgan fingerprint density at radius 3 is 2.52 bits per heavy atom. The first-order chi connectivity index (χ1) is 10.3. The highest BCUT2D eigenvalue weighted by molar-refractivity contribution is 6.29. The highest BCUT2D eigenvalue weighted by Crippen LogP contribution is 2.31. The average molecular weight is 296 g/mol. The molecule has 3 rings (SSSR count). The van der Waals surface area contributed by atoms with Crippen LogP contribution in [0.5, 0.6) is 0 Å². The number of carbonyl (C=O) groups is 1. The smallest absolute Gasteiger partial charge is 0.170 e. The first-order valence-electron chi connectivity index (χ1n) is 6.72. The van der Waals surface area contributed by atoms with Crippen molar-refractivity contribution in [3.63, 3.8) is 0 Å². The molecular weight excluding hydrogens is 282 g/mol. The number of H-pyrrole nitrogens is 1. The molecule has 3 aromatic rings. The molecule has 2 aromatic carbocycles. The Hall–Kier alpha value is -2.32. The second kappa shape index (κ2) is 5.98. The number of carbonyl (C=O) groups excluding carboxylic acids is 1. The van der Waals surface area contributed by atoms with Crippen LogP contribution in [0.4, 0.5) is 0 Å². The van der Waals surface area contributed by atoms with Crippen molar-refractivity contribution in [3.05, 3.63) is 66.2 Å². The molecule has 0 radical (unpaired) electrons. The molecule has 0 saturated carbocycles. The van der Waals surface area contributed by atoms with E-state index >= 15 is 0 Å². The quantitative estimate of drug-likeness (QED) is 0.551. The van der Waals surface area contributed by atoms with Gasteiger partial charge in [-0.05, 0) is 23.8 Å². The van der Waals surface area contributed by atoms with Crippen molar-refractivity contribution < 1.29 is 4.79 Å². The maximum atomic E-state index is 11.5. The zero-order valence-electron chi connectivity index (χ0n) is 11.3. The lowest BCUT2D eigenvalue weighted by Crippen LogP contribution is -1.92. The molecule has 0 unspecified atom stereocenters. The fraction of sp³-hybridized carbons (Fsp3) is 0.0556. The number of aromatic amines is 1. The fourth-order valence-electron chi connectivity index (χ4n) is 2.39. The van der Waals surface area contributed by atoms with Gasteiger partial charge >= 0.3 is 0 Å². The second-order valence-corrected chi connectivity index (χ2v) is 5.03. The molecule has 1 heterocycles. The van der Waals surface area contributed by atoms with Crippen LogP contribution in [-0.4, -0.2) is 16.6 Å². The third-order valence-electron chi connectivity index (χ3n) is 3.38. The van der Waals surface area contributed by atoms with Gasteiger partial charge in [-0.25, -0.2) is 0 Å². The van der Waals surface area contributed by atoms with Crippen LogP contribution < -0.4 is 0 Å². The second-order valence-electron chi connectivity index (χ2n) is 4.76. The van der Waals surface area contributed by atoms with E-state index in [1.54, 1.807) is 0 Å². The standard InChI is InChI=1S/C18H14ClNO/c19-12-14(21)10-11-16-15-8-4-5-9-17(15)20-18(16)13-6-2-1-3-7-13/h1-11,20H,12H2. The van der Waals surface area contributed by atoms with E-state index in [1.807, 2.05) is 60.7 Å². The van der Waals surface area contributed by atoms with Crippen molar-refractivity contribution in [2.45, 2.75) is 0 Å². The van der Waals surface area contributed by atoms with Crippen molar-refractivity contribution >= 4 is 34.4 Å². The van der Waals surface area contributed by atoms with Crippen LogP contribution in [0.15, 0.2) is 60.7 Å². The van der Waals surface area contributed by atoms with Gasteiger partial charge in [0.05, 0.1) is 11.6 Å². The Balaban J connectivity index is 2.19. The lowest BCUT2D eigenvalue weighted by Gasteiger charge is -2.00. The number of halogens is 1. The minimum absolute atomic E-state index is 0.000471. The number of alkyl halides is 1. The minimum Gasteiger partial charge on any atom is -0.354 e. The van der Waals surface area contributed by atoms with E-state index in [4.69, 9.17) is 11.6 Å². The van der Waals surface area contributed by atoms with Gasteiger partial charge in [-0.1, -0.05) is 48.5 Å². The molecule has 0 atom stereocenters. The summed E-state index contributed by atoms with van der Waals surface area (Å²) < 4.78 is 0. The normalized spacial score (nSPS) is 11.3. The van der Waals surface area contributed by atoms with Gasteiger partial charge in [0.15, 0.2) is 5.78 Å². The third kappa shape index (κ3) is 2.76. The lowest BCUT2D eigenvalue weighted by molar-refractivity contribution is -0.112. The number of aromatic nitrogens is 1. The minimum atomic E-state index is -0.0963. The van der Waals surface area contributed by atoms with Crippen LogP contribution in [0.1, 0.15) is 5.56 Å². The van der Waals surface area contributed by atoms with Gasteiger partial charge in [0.2, 0.25) is 0 Å². The van der Waals surface area contributed by atoms with Gasteiger partial charge < -0.3 is 4.98 Å². The number of hydrogen-bond donors (Lipinski definition) is 1. The lowest BCUT2D eigenvalue weighted by atomic mass is 10.0. The van der Waals surface area contributed by atoms with Crippen LogP contribution >= 0.6 is 11.6 Å². The number of benzene rings is 2. The fourth-order valence-corrected chi connectivity index (χ4v) is 2.48. The molecule has 0 fully saturated rings. The van der Waals surface area contributed by atoms with Crippen LogP contribution in [0.3, 0.4) is 0 Å². The molecule has 0 saturated heterocycles. The summed E-state index contributed by atoms with van der Waals surface area (Å²) in [6, 6.07) is 18.1. The Kier molecular flexibility index (Phi) is 3.89. The van der Waals surface area contributed by atoms with E-state index in [0.717, 1.165) is 27.7 Å². The SMILES string of the molecule is O=C(C=Cc1c(-c2ccccc2)[nH]c2ccccc12)CCl. The number of ketones is 1. The molecule has 104 valence electrons. The highest BCUT2D eigenvalue weighted by atomic mass is 35.5. The predicted molar refractivity (Wildman–Crippen MR) is 88.5 cm³/mol. The van der Waals surface area contributed by atoms with Crippen LogP contribution in [0.25, 0.3) is 28.2 Å². The Morgan fingerprint density at radius 2 is 1.76 bits per heavy atom. The summed E-state index contributed by atoms with van der Waals surface area (Å²) in [5.74, 6) is -0.0968. The van der Waals surface area contributed by atoms with Gasteiger partial charge in [0, 0.05) is 16.5 Å².